The number of carbonyl (C=O) groups is 2. The first-order chi connectivity index (χ1) is 13.6. The predicted octanol–water partition coefficient (Wildman–Crippen LogP) is 3.86. The maximum Gasteiger partial charge on any atom is 0.253 e. The van der Waals surface area contributed by atoms with E-state index in [9.17, 15) is 14.0 Å². The molecular formula is C22H20FN3O2. The molecule has 3 aromatic rings. The zero-order valence-corrected chi connectivity index (χ0v) is 15.3. The molecule has 5 nitrogen and oxygen atoms in total. The number of rotatable bonds is 3. The van der Waals surface area contributed by atoms with Crippen molar-refractivity contribution in [2.24, 2.45) is 5.92 Å². The van der Waals surface area contributed by atoms with Crippen molar-refractivity contribution in [3.63, 3.8) is 0 Å². The van der Waals surface area contributed by atoms with Crippen LogP contribution < -0.4 is 5.32 Å². The van der Waals surface area contributed by atoms with Gasteiger partial charge in [-0.1, -0.05) is 18.2 Å². The van der Waals surface area contributed by atoms with E-state index in [4.69, 9.17) is 0 Å². The van der Waals surface area contributed by atoms with E-state index in [1.807, 2.05) is 30.3 Å². The lowest BCUT2D eigenvalue weighted by Crippen LogP contribution is -2.41. The van der Waals surface area contributed by atoms with Gasteiger partial charge in [0.25, 0.3) is 5.91 Å². The Morgan fingerprint density at radius 3 is 2.46 bits per heavy atom. The van der Waals surface area contributed by atoms with Crippen LogP contribution >= 0.6 is 0 Å². The summed E-state index contributed by atoms with van der Waals surface area (Å²) >= 11 is 0. The van der Waals surface area contributed by atoms with E-state index in [0.29, 0.717) is 37.2 Å². The number of likely N-dealkylation sites (tertiary alicyclic amines) is 1. The van der Waals surface area contributed by atoms with Crippen LogP contribution in [0.2, 0.25) is 0 Å². The SMILES string of the molecule is O=C(Nc1cccc2cccnc12)C1CCN(C(=O)c2ccc(F)cc2)CC1. The molecule has 0 unspecified atom stereocenters. The Morgan fingerprint density at radius 1 is 1.00 bits per heavy atom. The van der Waals surface area contributed by atoms with Crippen molar-refractivity contribution in [1.29, 1.82) is 0 Å². The predicted molar refractivity (Wildman–Crippen MR) is 105 cm³/mol. The molecule has 2 aromatic carbocycles. The lowest BCUT2D eigenvalue weighted by Gasteiger charge is -2.31. The first-order valence-electron chi connectivity index (χ1n) is 9.31. The van der Waals surface area contributed by atoms with E-state index in [0.717, 1.165) is 10.9 Å². The number of para-hydroxylation sites is 1. The van der Waals surface area contributed by atoms with Crippen molar-refractivity contribution in [3.8, 4) is 0 Å². The van der Waals surface area contributed by atoms with Gasteiger partial charge in [0.15, 0.2) is 0 Å². The summed E-state index contributed by atoms with van der Waals surface area (Å²) in [5.41, 5.74) is 1.93. The van der Waals surface area contributed by atoms with E-state index in [1.165, 1.54) is 24.3 Å². The summed E-state index contributed by atoms with van der Waals surface area (Å²) in [6, 6.07) is 15.1. The molecule has 2 amide bonds. The second kappa shape index (κ2) is 7.76. The summed E-state index contributed by atoms with van der Waals surface area (Å²) in [5.74, 6) is -0.699. The second-order valence-corrected chi connectivity index (χ2v) is 6.94. The molecule has 0 saturated carbocycles. The molecule has 2 heterocycles. The van der Waals surface area contributed by atoms with Gasteiger partial charge >= 0.3 is 0 Å². The molecule has 0 aliphatic carbocycles. The topological polar surface area (TPSA) is 62.3 Å². The minimum Gasteiger partial charge on any atom is -0.339 e. The van der Waals surface area contributed by atoms with Gasteiger partial charge in [0.2, 0.25) is 5.91 Å². The lowest BCUT2D eigenvalue weighted by molar-refractivity contribution is -0.121. The molecule has 0 radical (unpaired) electrons. The number of aromatic nitrogens is 1. The molecule has 1 fully saturated rings. The first kappa shape index (κ1) is 18.1. The van der Waals surface area contributed by atoms with Crippen LogP contribution in [0.4, 0.5) is 10.1 Å². The first-order valence-corrected chi connectivity index (χ1v) is 9.31. The van der Waals surface area contributed by atoms with Crippen LogP contribution in [-0.4, -0.2) is 34.8 Å². The smallest absolute Gasteiger partial charge is 0.253 e. The van der Waals surface area contributed by atoms with Crippen molar-refractivity contribution in [1.82, 2.24) is 9.88 Å². The Bertz CT molecular complexity index is 1010. The van der Waals surface area contributed by atoms with E-state index in [2.05, 4.69) is 10.3 Å². The molecule has 0 bridgehead atoms. The number of fused-ring (bicyclic) bond motifs is 1. The third-order valence-corrected chi connectivity index (χ3v) is 5.13. The van der Waals surface area contributed by atoms with Crippen LogP contribution in [0.1, 0.15) is 23.2 Å². The highest BCUT2D eigenvalue weighted by atomic mass is 19.1. The fourth-order valence-electron chi connectivity index (χ4n) is 3.56. The molecule has 142 valence electrons. The average molecular weight is 377 g/mol. The number of pyridine rings is 1. The second-order valence-electron chi connectivity index (χ2n) is 6.94. The number of carbonyl (C=O) groups excluding carboxylic acids is 2. The maximum absolute atomic E-state index is 13.0. The highest BCUT2D eigenvalue weighted by Crippen LogP contribution is 2.24. The standard InChI is InChI=1S/C22H20FN3O2/c23-18-8-6-17(7-9-18)22(28)26-13-10-16(11-14-26)21(27)25-19-5-1-3-15-4-2-12-24-20(15)19/h1-9,12,16H,10-11,13-14H2,(H,25,27). The monoisotopic (exact) mass is 377 g/mol. The molecule has 1 N–H and O–H groups in total. The third kappa shape index (κ3) is 3.71. The van der Waals surface area contributed by atoms with Crippen molar-refractivity contribution < 1.29 is 14.0 Å². The summed E-state index contributed by atoms with van der Waals surface area (Å²) < 4.78 is 13.0. The summed E-state index contributed by atoms with van der Waals surface area (Å²) in [6.45, 7) is 1.00. The fraction of sp³-hybridized carbons (Fsp3) is 0.227. The number of benzene rings is 2. The minimum atomic E-state index is -0.366. The minimum absolute atomic E-state index is 0.0490. The van der Waals surface area contributed by atoms with Crippen LogP contribution in [-0.2, 0) is 4.79 Å². The molecule has 1 aliphatic heterocycles. The highest BCUT2D eigenvalue weighted by molar-refractivity contribution is 6.01. The van der Waals surface area contributed by atoms with Crippen molar-refractivity contribution in [2.75, 3.05) is 18.4 Å². The molecule has 1 aromatic heterocycles. The molecule has 4 rings (SSSR count). The Hall–Kier alpha value is -3.28. The van der Waals surface area contributed by atoms with Gasteiger partial charge in [-0.05, 0) is 49.2 Å². The average Bonchev–Trinajstić information content (AvgIpc) is 2.74. The lowest BCUT2D eigenvalue weighted by atomic mass is 9.95. The van der Waals surface area contributed by atoms with Crippen LogP contribution in [0.15, 0.2) is 60.8 Å². The number of nitrogens with one attached hydrogen (secondary N) is 1. The Labute approximate surface area is 162 Å². The summed E-state index contributed by atoms with van der Waals surface area (Å²) in [5, 5.41) is 3.96. The highest BCUT2D eigenvalue weighted by Gasteiger charge is 2.28. The van der Waals surface area contributed by atoms with Crippen molar-refractivity contribution in [3.05, 3.63) is 72.2 Å². The summed E-state index contributed by atoms with van der Waals surface area (Å²) in [7, 11) is 0. The fourth-order valence-corrected chi connectivity index (χ4v) is 3.56. The van der Waals surface area contributed by atoms with Gasteiger partial charge in [-0.2, -0.15) is 0 Å². The third-order valence-electron chi connectivity index (χ3n) is 5.13. The van der Waals surface area contributed by atoms with Gasteiger partial charge in [-0.3, -0.25) is 14.6 Å². The Balaban J connectivity index is 1.38. The Morgan fingerprint density at radius 2 is 1.71 bits per heavy atom. The van der Waals surface area contributed by atoms with Gasteiger partial charge in [0.05, 0.1) is 11.2 Å². The van der Waals surface area contributed by atoms with Crippen LogP contribution in [0, 0.1) is 11.7 Å². The summed E-state index contributed by atoms with van der Waals surface area (Å²) in [4.78, 5) is 31.3. The van der Waals surface area contributed by atoms with Crippen LogP contribution in [0.25, 0.3) is 10.9 Å². The number of anilines is 1. The van der Waals surface area contributed by atoms with Gasteiger partial charge in [0, 0.05) is 36.2 Å². The number of nitrogens with zero attached hydrogens (tertiary/aromatic N) is 2. The maximum atomic E-state index is 13.0. The number of halogens is 1. The number of piperidine rings is 1. The molecule has 0 spiro atoms. The van der Waals surface area contributed by atoms with Gasteiger partial charge < -0.3 is 10.2 Å². The summed E-state index contributed by atoms with van der Waals surface area (Å²) in [6.07, 6.45) is 2.89. The van der Waals surface area contributed by atoms with E-state index >= 15 is 0 Å². The van der Waals surface area contributed by atoms with Crippen molar-refractivity contribution >= 4 is 28.4 Å². The zero-order valence-electron chi connectivity index (χ0n) is 15.3. The Kier molecular flexibility index (Phi) is 5.02. The van der Waals surface area contributed by atoms with E-state index in [1.54, 1.807) is 11.1 Å². The van der Waals surface area contributed by atoms with E-state index < -0.39 is 0 Å². The number of hydrogen-bond acceptors (Lipinski definition) is 3. The molecule has 1 saturated heterocycles. The van der Waals surface area contributed by atoms with Crippen molar-refractivity contribution in [2.45, 2.75) is 12.8 Å². The number of amides is 2. The quantitative estimate of drug-likeness (QED) is 0.754. The molecule has 6 heteroatoms. The molecule has 1 aliphatic rings. The van der Waals surface area contributed by atoms with Gasteiger partial charge in [-0.15, -0.1) is 0 Å². The molecule has 28 heavy (non-hydrogen) atoms. The van der Waals surface area contributed by atoms with Crippen LogP contribution in [0.5, 0.6) is 0 Å². The molecular weight excluding hydrogens is 357 g/mol. The largest absolute Gasteiger partial charge is 0.339 e. The van der Waals surface area contributed by atoms with Gasteiger partial charge in [0.1, 0.15) is 5.82 Å². The van der Waals surface area contributed by atoms with E-state index in [-0.39, 0.29) is 23.5 Å². The van der Waals surface area contributed by atoms with Crippen LogP contribution in [0.3, 0.4) is 0 Å². The normalized spacial score (nSPS) is 14.8. The zero-order chi connectivity index (χ0) is 19.5. The molecule has 0 atom stereocenters. The number of hydrogen-bond donors (Lipinski definition) is 1. The van der Waals surface area contributed by atoms with Gasteiger partial charge in [-0.25, -0.2) is 4.39 Å².